The second kappa shape index (κ2) is 5.69. The summed E-state index contributed by atoms with van der Waals surface area (Å²) in [6, 6.07) is 14.2. The minimum Gasteiger partial charge on any atom is -0.496 e. The molecule has 18 heavy (non-hydrogen) atoms. The number of aliphatic hydroxyl groups is 1. The predicted octanol–water partition coefficient (Wildman–Crippen LogP) is 3.09. The predicted molar refractivity (Wildman–Crippen MR) is 72.9 cm³/mol. The highest BCUT2D eigenvalue weighted by molar-refractivity contribution is 5.42. The van der Waals surface area contributed by atoms with Crippen molar-refractivity contribution < 1.29 is 9.84 Å². The van der Waals surface area contributed by atoms with E-state index in [1.807, 2.05) is 24.3 Å². The van der Waals surface area contributed by atoms with Gasteiger partial charge < -0.3 is 9.84 Å². The summed E-state index contributed by atoms with van der Waals surface area (Å²) in [4.78, 5) is 0. The summed E-state index contributed by atoms with van der Waals surface area (Å²) in [5.74, 6) is 0.838. The third kappa shape index (κ3) is 2.71. The lowest BCUT2D eigenvalue weighted by Crippen LogP contribution is -1.97. The average Bonchev–Trinajstić information content (AvgIpc) is 2.41. The van der Waals surface area contributed by atoms with Gasteiger partial charge in [-0.05, 0) is 35.2 Å². The van der Waals surface area contributed by atoms with Gasteiger partial charge in [0.25, 0.3) is 0 Å². The maximum atomic E-state index is 9.13. The van der Waals surface area contributed by atoms with Crippen LogP contribution in [0.4, 0.5) is 0 Å². The van der Waals surface area contributed by atoms with Gasteiger partial charge in [-0.1, -0.05) is 36.4 Å². The molecule has 0 aliphatic carbocycles. The average molecular weight is 242 g/mol. The van der Waals surface area contributed by atoms with Gasteiger partial charge in [-0.15, -0.1) is 0 Å². The van der Waals surface area contributed by atoms with E-state index < -0.39 is 0 Å². The van der Waals surface area contributed by atoms with Crippen molar-refractivity contribution in [2.75, 3.05) is 7.11 Å². The van der Waals surface area contributed by atoms with E-state index in [4.69, 9.17) is 9.84 Å². The molecule has 2 aromatic rings. The van der Waals surface area contributed by atoms with Crippen LogP contribution in [-0.4, -0.2) is 12.2 Å². The molecular formula is C16H18O2. The van der Waals surface area contributed by atoms with Crippen molar-refractivity contribution in [2.45, 2.75) is 20.0 Å². The molecule has 0 atom stereocenters. The Morgan fingerprint density at radius 3 is 2.50 bits per heavy atom. The van der Waals surface area contributed by atoms with Crippen LogP contribution in [0.15, 0.2) is 42.5 Å². The molecule has 0 spiro atoms. The maximum absolute atomic E-state index is 9.13. The quantitative estimate of drug-likeness (QED) is 0.892. The molecule has 0 aromatic heterocycles. The van der Waals surface area contributed by atoms with Crippen LogP contribution in [0.5, 0.6) is 5.75 Å². The summed E-state index contributed by atoms with van der Waals surface area (Å²) in [6.45, 7) is 2.16. The summed E-state index contributed by atoms with van der Waals surface area (Å²) in [5.41, 5.74) is 4.60. The molecule has 94 valence electrons. The number of hydrogen-bond acceptors (Lipinski definition) is 2. The smallest absolute Gasteiger partial charge is 0.122 e. The number of rotatable bonds is 4. The van der Waals surface area contributed by atoms with E-state index in [0.29, 0.717) is 0 Å². The zero-order valence-electron chi connectivity index (χ0n) is 10.8. The molecule has 0 radical (unpaired) electrons. The summed E-state index contributed by atoms with van der Waals surface area (Å²) in [7, 11) is 1.66. The zero-order valence-corrected chi connectivity index (χ0v) is 10.8. The molecule has 1 N–H and O–H groups in total. The lowest BCUT2D eigenvalue weighted by atomic mass is 9.99. The van der Waals surface area contributed by atoms with E-state index in [-0.39, 0.29) is 6.61 Å². The van der Waals surface area contributed by atoms with Crippen molar-refractivity contribution in [1.29, 1.82) is 0 Å². The summed E-state index contributed by atoms with van der Waals surface area (Å²) in [5, 5.41) is 9.13. The zero-order chi connectivity index (χ0) is 13.0. The number of aliphatic hydroxyl groups excluding tert-OH is 1. The monoisotopic (exact) mass is 242 g/mol. The standard InChI is InChI=1S/C16H18O2/c1-12-5-3-4-6-14(12)10-15-8-7-13(11-17)9-16(15)18-2/h3-9,17H,10-11H2,1-2H3. The Labute approximate surface area is 108 Å². The highest BCUT2D eigenvalue weighted by Crippen LogP contribution is 2.24. The van der Waals surface area contributed by atoms with E-state index in [2.05, 4.69) is 25.1 Å². The number of benzene rings is 2. The number of aryl methyl sites for hydroxylation is 1. The van der Waals surface area contributed by atoms with Gasteiger partial charge in [-0.3, -0.25) is 0 Å². The van der Waals surface area contributed by atoms with E-state index in [1.165, 1.54) is 11.1 Å². The molecule has 0 unspecified atom stereocenters. The highest BCUT2D eigenvalue weighted by Gasteiger charge is 2.06. The molecule has 0 aliphatic heterocycles. The van der Waals surface area contributed by atoms with Crippen LogP contribution in [0, 0.1) is 6.92 Å². The SMILES string of the molecule is COc1cc(CO)ccc1Cc1ccccc1C. The summed E-state index contributed by atoms with van der Waals surface area (Å²) < 4.78 is 5.39. The second-order valence-electron chi connectivity index (χ2n) is 4.41. The number of ether oxygens (including phenoxy) is 1. The Hall–Kier alpha value is -1.80. The fourth-order valence-electron chi connectivity index (χ4n) is 2.05. The molecule has 0 amide bonds. The minimum absolute atomic E-state index is 0.0427. The molecule has 2 nitrogen and oxygen atoms in total. The van der Waals surface area contributed by atoms with Crippen LogP contribution in [0.25, 0.3) is 0 Å². The van der Waals surface area contributed by atoms with Crippen molar-refractivity contribution in [3.63, 3.8) is 0 Å². The van der Waals surface area contributed by atoms with Gasteiger partial charge >= 0.3 is 0 Å². The van der Waals surface area contributed by atoms with Gasteiger partial charge in [0.1, 0.15) is 5.75 Å². The summed E-state index contributed by atoms with van der Waals surface area (Å²) >= 11 is 0. The highest BCUT2D eigenvalue weighted by atomic mass is 16.5. The molecule has 0 bridgehead atoms. The summed E-state index contributed by atoms with van der Waals surface area (Å²) in [6.07, 6.45) is 0.849. The van der Waals surface area contributed by atoms with Gasteiger partial charge in [0.15, 0.2) is 0 Å². The number of hydrogen-bond donors (Lipinski definition) is 1. The van der Waals surface area contributed by atoms with Crippen molar-refractivity contribution in [3.8, 4) is 5.75 Å². The van der Waals surface area contributed by atoms with Gasteiger partial charge in [-0.25, -0.2) is 0 Å². The normalized spacial score (nSPS) is 10.4. The Morgan fingerprint density at radius 2 is 1.83 bits per heavy atom. The van der Waals surface area contributed by atoms with Crippen LogP contribution in [-0.2, 0) is 13.0 Å². The third-order valence-electron chi connectivity index (χ3n) is 3.18. The maximum Gasteiger partial charge on any atom is 0.122 e. The molecule has 0 aliphatic rings. The van der Waals surface area contributed by atoms with Crippen molar-refractivity contribution in [3.05, 3.63) is 64.7 Å². The molecule has 2 heteroatoms. The van der Waals surface area contributed by atoms with Crippen LogP contribution in [0.2, 0.25) is 0 Å². The van der Waals surface area contributed by atoms with E-state index in [0.717, 1.165) is 23.3 Å². The van der Waals surface area contributed by atoms with Crippen molar-refractivity contribution in [2.24, 2.45) is 0 Å². The number of methoxy groups -OCH3 is 1. The van der Waals surface area contributed by atoms with Gasteiger partial charge in [0, 0.05) is 6.42 Å². The lowest BCUT2D eigenvalue weighted by Gasteiger charge is -2.11. The van der Waals surface area contributed by atoms with Gasteiger partial charge in [0.2, 0.25) is 0 Å². The first kappa shape index (κ1) is 12.7. The van der Waals surface area contributed by atoms with Crippen LogP contribution < -0.4 is 4.74 Å². The fraction of sp³-hybridized carbons (Fsp3) is 0.250. The van der Waals surface area contributed by atoms with Crippen LogP contribution in [0.1, 0.15) is 22.3 Å². The third-order valence-corrected chi connectivity index (χ3v) is 3.18. The Kier molecular flexibility index (Phi) is 4.00. The molecular weight excluding hydrogens is 224 g/mol. The first-order valence-electron chi connectivity index (χ1n) is 6.05. The van der Waals surface area contributed by atoms with Crippen molar-refractivity contribution in [1.82, 2.24) is 0 Å². The van der Waals surface area contributed by atoms with Gasteiger partial charge in [-0.2, -0.15) is 0 Å². The molecule has 0 fully saturated rings. The molecule has 0 saturated heterocycles. The largest absolute Gasteiger partial charge is 0.496 e. The fourth-order valence-corrected chi connectivity index (χ4v) is 2.05. The minimum atomic E-state index is 0.0427. The van der Waals surface area contributed by atoms with E-state index >= 15 is 0 Å². The molecule has 0 saturated carbocycles. The first-order chi connectivity index (χ1) is 8.74. The van der Waals surface area contributed by atoms with E-state index in [9.17, 15) is 0 Å². The van der Waals surface area contributed by atoms with E-state index in [1.54, 1.807) is 7.11 Å². The Morgan fingerprint density at radius 1 is 1.06 bits per heavy atom. The van der Waals surface area contributed by atoms with Crippen molar-refractivity contribution >= 4 is 0 Å². The first-order valence-corrected chi connectivity index (χ1v) is 6.05. The second-order valence-corrected chi connectivity index (χ2v) is 4.41. The van der Waals surface area contributed by atoms with Crippen LogP contribution >= 0.6 is 0 Å². The molecule has 0 heterocycles. The Bertz CT molecular complexity index is 532. The lowest BCUT2D eigenvalue weighted by molar-refractivity contribution is 0.281. The molecule has 2 aromatic carbocycles. The molecule has 2 rings (SSSR count). The topological polar surface area (TPSA) is 29.5 Å². The van der Waals surface area contributed by atoms with Crippen LogP contribution in [0.3, 0.4) is 0 Å². The van der Waals surface area contributed by atoms with Gasteiger partial charge in [0.05, 0.1) is 13.7 Å². The Balaban J connectivity index is 2.32.